The van der Waals surface area contributed by atoms with Crippen LogP contribution in [-0.4, -0.2) is 62.8 Å². The Bertz CT molecular complexity index is 1080. The third kappa shape index (κ3) is 12.7. The second-order valence-corrected chi connectivity index (χ2v) is 10.0. The van der Waals surface area contributed by atoms with Crippen molar-refractivity contribution in [2.24, 2.45) is 0 Å². The second-order valence-electron chi connectivity index (χ2n) is 7.59. The molecule has 196 valence electrons. The number of nitrogens with zero attached hydrogens (tertiary/aromatic N) is 2. The topological polar surface area (TPSA) is 86.6 Å². The summed E-state index contributed by atoms with van der Waals surface area (Å²) in [7, 11) is 0. The number of thioether (sulfide) groups is 1. The normalized spacial score (nSPS) is 10.3. The van der Waals surface area contributed by atoms with Gasteiger partial charge in [0.15, 0.2) is 0 Å². The van der Waals surface area contributed by atoms with Crippen LogP contribution in [0.3, 0.4) is 0 Å². The van der Waals surface area contributed by atoms with E-state index in [0.29, 0.717) is 29.7 Å². The molecule has 3 rings (SSSR count). The van der Waals surface area contributed by atoms with Gasteiger partial charge in [-0.1, -0.05) is 42.5 Å². The van der Waals surface area contributed by atoms with E-state index in [1.807, 2.05) is 17.8 Å². The summed E-state index contributed by atoms with van der Waals surface area (Å²) in [5.41, 5.74) is 1.30. The van der Waals surface area contributed by atoms with E-state index < -0.39 is 0 Å². The number of hydrogen-bond acceptors (Lipinski definition) is 7. The maximum Gasteiger partial charge on any atom is 5.00 e. The summed E-state index contributed by atoms with van der Waals surface area (Å²) in [5, 5.41) is 0.538. The molecule has 36 heavy (non-hydrogen) atoms. The molecule has 0 fully saturated rings. The average molecular weight is 649 g/mol. The van der Waals surface area contributed by atoms with Crippen molar-refractivity contribution in [3.63, 3.8) is 0 Å². The van der Waals surface area contributed by atoms with E-state index in [4.69, 9.17) is 37.9 Å². The van der Waals surface area contributed by atoms with E-state index in [-0.39, 0.29) is 36.8 Å². The first kappa shape index (κ1) is 35.3. The van der Waals surface area contributed by atoms with Crippen molar-refractivity contribution >= 4 is 60.6 Å². The molecule has 6 nitrogen and oxygen atoms in total. The summed E-state index contributed by atoms with van der Waals surface area (Å²) < 4.78 is 1.29. The molecule has 3 aromatic rings. The Morgan fingerprint density at radius 3 is 2.11 bits per heavy atom. The van der Waals surface area contributed by atoms with Crippen LogP contribution in [0.2, 0.25) is 0 Å². The fourth-order valence-corrected chi connectivity index (χ4v) is 4.88. The minimum Gasteiger partial charge on any atom is -2.00 e. The average Bonchev–Trinajstić information content (AvgIpc) is 2.85. The summed E-state index contributed by atoms with van der Waals surface area (Å²) in [6.07, 6.45) is 2.02. The first-order chi connectivity index (χ1) is 16.6. The number of hydrogen-bond donors (Lipinski definition) is 1. The number of nitrogens with one attached hydrogen (secondary N) is 1. The zero-order chi connectivity index (χ0) is 24.6. The van der Waals surface area contributed by atoms with E-state index in [0.717, 1.165) is 48.9 Å². The molecule has 2 aromatic carbocycles. The third-order valence-electron chi connectivity index (χ3n) is 5.17. The number of rotatable bonds is 13. The Hall–Kier alpha value is -0.651. The molecular weight excluding hydrogens is 617 g/mol. The summed E-state index contributed by atoms with van der Waals surface area (Å²) >= 11 is 16.4. The van der Waals surface area contributed by atoms with Gasteiger partial charge in [0.1, 0.15) is 0 Å². The fourth-order valence-electron chi connectivity index (χ4n) is 3.48. The number of fused-ring (bicyclic) bond motifs is 1. The van der Waals surface area contributed by atoms with E-state index >= 15 is 0 Å². The van der Waals surface area contributed by atoms with Crippen LogP contribution in [-0.2, 0) is 76.4 Å². The molecule has 0 saturated carbocycles. The Morgan fingerprint density at radius 2 is 1.47 bits per heavy atom. The van der Waals surface area contributed by atoms with Crippen molar-refractivity contribution in [3.05, 3.63) is 81.0 Å². The predicted molar refractivity (Wildman–Crippen MR) is 155 cm³/mol. The molecule has 1 N–H and O–H groups in total. The Balaban J connectivity index is 0.00000120. The molecule has 0 saturated heterocycles. The monoisotopic (exact) mass is 647 g/mol. The van der Waals surface area contributed by atoms with Gasteiger partial charge in [0.25, 0.3) is 5.56 Å². The maximum atomic E-state index is 12.6. The van der Waals surface area contributed by atoms with Crippen LogP contribution in [0.1, 0.15) is 12.0 Å². The van der Waals surface area contributed by atoms with Gasteiger partial charge in [-0.15, -0.1) is 0 Å². The van der Waals surface area contributed by atoms with Crippen LogP contribution < -0.4 is 11.2 Å². The van der Waals surface area contributed by atoms with Crippen LogP contribution in [0.4, 0.5) is 0 Å². The SMILES string of the molecule is O=c1[nH]c2ccccc2c(=O)n1CCN(CC[S-])CCCc1ccccc1.[O-2].[S-]CCSCC[S-].[Tc+5]. The van der Waals surface area contributed by atoms with Crippen molar-refractivity contribution in [1.29, 1.82) is 0 Å². The molecule has 0 atom stereocenters. The third-order valence-corrected chi connectivity index (χ3v) is 7.27. The quantitative estimate of drug-likeness (QED) is 0.226. The largest absolute Gasteiger partial charge is 5.00 e. The summed E-state index contributed by atoms with van der Waals surface area (Å²) in [5.74, 6) is 4.53. The number of para-hydroxylation sites is 1. The Morgan fingerprint density at radius 1 is 0.833 bits per heavy atom. The predicted octanol–water partition coefficient (Wildman–Crippen LogP) is 2.86. The van der Waals surface area contributed by atoms with Gasteiger partial charge < -0.3 is 53.2 Å². The fraction of sp³-hybridized carbons (Fsp3) is 0.440. The molecule has 0 aliphatic rings. The number of benzene rings is 2. The van der Waals surface area contributed by atoms with Crippen LogP contribution in [0.25, 0.3) is 10.9 Å². The first-order valence-electron chi connectivity index (χ1n) is 11.4. The maximum absolute atomic E-state index is 12.6. The van der Waals surface area contributed by atoms with E-state index in [9.17, 15) is 9.59 Å². The van der Waals surface area contributed by atoms with Crippen LogP contribution in [0.5, 0.6) is 0 Å². The number of H-pyrrole nitrogens is 1. The summed E-state index contributed by atoms with van der Waals surface area (Å²) in [6.45, 7) is 2.67. The molecular formula is C25H32N3O3S4Tc. The van der Waals surface area contributed by atoms with Crippen molar-refractivity contribution in [1.82, 2.24) is 14.5 Å². The number of aromatic nitrogens is 2. The van der Waals surface area contributed by atoms with Crippen molar-refractivity contribution in [3.8, 4) is 0 Å². The zero-order valence-electron chi connectivity index (χ0n) is 20.1. The minimum absolute atomic E-state index is 0. The van der Waals surface area contributed by atoms with E-state index in [1.54, 1.807) is 24.3 Å². The van der Waals surface area contributed by atoms with Crippen molar-refractivity contribution < 1.29 is 25.6 Å². The Labute approximate surface area is 247 Å². The van der Waals surface area contributed by atoms with E-state index in [1.165, 1.54) is 10.1 Å². The minimum atomic E-state index is -0.360. The van der Waals surface area contributed by atoms with E-state index in [2.05, 4.69) is 34.1 Å². The zero-order valence-corrected chi connectivity index (χ0v) is 25.2. The second kappa shape index (κ2) is 21.3. The molecule has 0 spiro atoms. The first-order valence-corrected chi connectivity index (χ1v) is 14.3. The van der Waals surface area contributed by atoms with Crippen LogP contribution >= 0.6 is 11.8 Å². The number of aromatic amines is 1. The summed E-state index contributed by atoms with van der Waals surface area (Å²) in [6, 6.07) is 17.5. The van der Waals surface area contributed by atoms with Gasteiger partial charge in [-0.05, 0) is 55.1 Å². The van der Waals surface area contributed by atoms with Crippen molar-refractivity contribution in [2.45, 2.75) is 19.4 Å². The van der Waals surface area contributed by atoms with Gasteiger partial charge in [0.2, 0.25) is 0 Å². The standard InChI is InChI=1S/C21H25N3O2S.C4H10S3.O.Tc/c25-20-18-10-4-5-11-19(18)22-21(26)24(20)14-13-23(15-16-27)12-6-9-17-7-2-1-3-8-17;5-1-3-7-4-2-6;;/h1-5,7-8,10-11,27H,6,9,12-16H2,(H,22,26);5-6H,1-4H2;;/q;;-2;+5/p-3. The molecule has 1 aromatic heterocycles. The smallest absolute Gasteiger partial charge is 2.00 e. The molecule has 0 aliphatic carbocycles. The molecule has 0 bridgehead atoms. The molecule has 1 heterocycles. The van der Waals surface area contributed by atoms with Crippen LogP contribution in [0, 0.1) is 0 Å². The molecule has 0 unspecified atom stereocenters. The number of aryl methyl sites for hydroxylation is 1. The van der Waals surface area contributed by atoms with Crippen molar-refractivity contribution in [2.75, 3.05) is 48.4 Å². The molecule has 0 aliphatic heterocycles. The summed E-state index contributed by atoms with van der Waals surface area (Å²) in [4.78, 5) is 29.9. The van der Waals surface area contributed by atoms with Gasteiger partial charge in [-0.25, -0.2) is 4.79 Å². The van der Waals surface area contributed by atoms with Gasteiger partial charge in [0.05, 0.1) is 10.9 Å². The van der Waals surface area contributed by atoms with Crippen LogP contribution in [0.15, 0.2) is 64.2 Å². The van der Waals surface area contributed by atoms with Gasteiger partial charge in [-0.3, -0.25) is 9.36 Å². The van der Waals surface area contributed by atoms with Gasteiger partial charge in [-0.2, -0.15) is 29.0 Å². The molecule has 0 amide bonds. The van der Waals surface area contributed by atoms with Gasteiger partial charge in [0, 0.05) is 13.1 Å². The molecule has 0 radical (unpaired) electrons. The van der Waals surface area contributed by atoms with Gasteiger partial charge >= 0.3 is 25.8 Å². The molecule has 11 heteroatoms. The Kier molecular flexibility index (Phi) is 20.9.